The fourth-order valence-electron chi connectivity index (χ4n) is 2.63. The minimum Gasteiger partial charge on any atom is -0.448 e. The second-order valence-corrected chi connectivity index (χ2v) is 7.49. The number of amides is 2. The molecule has 0 saturated carbocycles. The SMILES string of the molecule is CC(OC(=O)c1cccs1)C(=O)Nc1sc2c(c1C(N)=O)CCC2. The number of hydrogen-bond acceptors (Lipinski definition) is 6. The fourth-order valence-corrected chi connectivity index (χ4v) is 4.54. The molecule has 2 amide bonds. The molecule has 1 atom stereocenters. The van der Waals surface area contributed by atoms with Crippen LogP contribution < -0.4 is 11.1 Å². The molecule has 0 aromatic carbocycles. The number of ether oxygens (including phenoxy) is 1. The van der Waals surface area contributed by atoms with Gasteiger partial charge in [0, 0.05) is 4.88 Å². The molecule has 8 heteroatoms. The number of primary amides is 1. The molecule has 0 spiro atoms. The van der Waals surface area contributed by atoms with Crippen molar-refractivity contribution in [1.29, 1.82) is 0 Å². The Morgan fingerprint density at radius 3 is 2.79 bits per heavy atom. The summed E-state index contributed by atoms with van der Waals surface area (Å²) in [7, 11) is 0. The van der Waals surface area contributed by atoms with Gasteiger partial charge in [0.1, 0.15) is 9.88 Å². The summed E-state index contributed by atoms with van der Waals surface area (Å²) in [5, 5.41) is 4.88. The summed E-state index contributed by atoms with van der Waals surface area (Å²) in [4.78, 5) is 37.4. The Morgan fingerprint density at radius 2 is 2.12 bits per heavy atom. The third-order valence-electron chi connectivity index (χ3n) is 3.78. The van der Waals surface area contributed by atoms with Gasteiger partial charge in [-0.1, -0.05) is 6.07 Å². The maximum absolute atomic E-state index is 12.3. The highest BCUT2D eigenvalue weighted by molar-refractivity contribution is 7.17. The number of aryl methyl sites for hydroxylation is 1. The van der Waals surface area contributed by atoms with Crippen LogP contribution in [0.4, 0.5) is 5.00 Å². The van der Waals surface area contributed by atoms with E-state index in [4.69, 9.17) is 10.5 Å². The molecule has 126 valence electrons. The molecule has 3 N–H and O–H groups in total. The average Bonchev–Trinajstić information content (AvgIpc) is 3.22. The lowest BCUT2D eigenvalue weighted by Gasteiger charge is -2.13. The topological polar surface area (TPSA) is 98.5 Å². The normalized spacial score (nSPS) is 14.0. The smallest absolute Gasteiger partial charge is 0.349 e. The lowest BCUT2D eigenvalue weighted by atomic mass is 10.1. The summed E-state index contributed by atoms with van der Waals surface area (Å²) in [6, 6.07) is 3.37. The highest BCUT2D eigenvalue weighted by Crippen LogP contribution is 2.38. The molecule has 3 rings (SSSR count). The van der Waals surface area contributed by atoms with Crippen LogP contribution in [0.3, 0.4) is 0 Å². The Morgan fingerprint density at radius 1 is 1.33 bits per heavy atom. The van der Waals surface area contributed by atoms with Crippen molar-refractivity contribution in [3.05, 3.63) is 38.4 Å². The summed E-state index contributed by atoms with van der Waals surface area (Å²) in [6.07, 6.45) is 1.70. The molecule has 1 aliphatic rings. The van der Waals surface area contributed by atoms with Gasteiger partial charge >= 0.3 is 5.97 Å². The highest BCUT2D eigenvalue weighted by Gasteiger charge is 2.28. The quantitative estimate of drug-likeness (QED) is 0.797. The van der Waals surface area contributed by atoms with Crippen molar-refractivity contribution in [1.82, 2.24) is 0 Å². The summed E-state index contributed by atoms with van der Waals surface area (Å²) < 4.78 is 5.15. The van der Waals surface area contributed by atoms with E-state index in [1.807, 2.05) is 0 Å². The van der Waals surface area contributed by atoms with Crippen molar-refractivity contribution in [3.8, 4) is 0 Å². The monoisotopic (exact) mass is 364 g/mol. The molecule has 1 unspecified atom stereocenters. The van der Waals surface area contributed by atoms with Crippen LogP contribution in [0.15, 0.2) is 17.5 Å². The van der Waals surface area contributed by atoms with Gasteiger partial charge < -0.3 is 15.8 Å². The van der Waals surface area contributed by atoms with E-state index in [1.165, 1.54) is 29.6 Å². The minimum absolute atomic E-state index is 0.387. The maximum atomic E-state index is 12.3. The van der Waals surface area contributed by atoms with Crippen LogP contribution in [0.1, 0.15) is 43.8 Å². The molecule has 0 saturated heterocycles. The maximum Gasteiger partial charge on any atom is 0.349 e. The number of hydrogen-bond donors (Lipinski definition) is 2. The summed E-state index contributed by atoms with van der Waals surface area (Å²) >= 11 is 2.61. The summed E-state index contributed by atoms with van der Waals surface area (Å²) in [5.41, 5.74) is 6.78. The van der Waals surface area contributed by atoms with Crippen LogP contribution in [-0.2, 0) is 22.4 Å². The standard InChI is InChI=1S/C16H16N2O4S2/c1-8(22-16(21)11-6-3-7-23-11)14(20)18-15-12(13(17)19)9-4-2-5-10(9)24-15/h3,6-8H,2,4-5H2,1H3,(H2,17,19)(H,18,20). The van der Waals surface area contributed by atoms with Crippen molar-refractivity contribution in [2.45, 2.75) is 32.3 Å². The van der Waals surface area contributed by atoms with E-state index in [-0.39, 0.29) is 0 Å². The van der Waals surface area contributed by atoms with Gasteiger partial charge in [0.2, 0.25) is 0 Å². The number of nitrogens with two attached hydrogens (primary N) is 1. The molecule has 0 aliphatic heterocycles. The van der Waals surface area contributed by atoms with Crippen LogP contribution in [-0.4, -0.2) is 23.9 Å². The Labute approximate surface area is 146 Å². The van der Waals surface area contributed by atoms with Crippen molar-refractivity contribution < 1.29 is 19.1 Å². The second kappa shape index (κ2) is 6.74. The number of esters is 1. The van der Waals surface area contributed by atoms with Gasteiger partial charge in [0.25, 0.3) is 11.8 Å². The van der Waals surface area contributed by atoms with E-state index >= 15 is 0 Å². The fraction of sp³-hybridized carbons (Fsp3) is 0.312. The first-order valence-corrected chi connectivity index (χ1v) is 9.16. The number of rotatable bonds is 5. The van der Waals surface area contributed by atoms with Gasteiger partial charge in [-0.05, 0) is 43.2 Å². The van der Waals surface area contributed by atoms with E-state index in [0.717, 1.165) is 29.7 Å². The van der Waals surface area contributed by atoms with Gasteiger partial charge in [-0.3, -0.25) is 9.59 Å². The molecule has 2 aromatic heterocycles. The summed E-state index contributed by atoms with van der Waals surface area (Å²) in [6.45, 7) is 1.49. The number of carbonyl (C=O) groups excluding carboxylic acids is 3. The second-order valence-electron chi connectivity index (χ2n) is 5.44. The molecule has 1 aliphatic carbocycles. The molecule has 0 radical (unpaired) electrons. The Balaban J connectivity index is 1.71. The van der Waals surface area contributed by atoms with Crippen LogP contribution in [0.25, 0.3) is 0 Å². The van der Waals surface area contributed by atoms with Crippen LogP contribution in [0.5, 0.6) is 0 Å². The van der Waals surface area contributed by atoms with Gasteiger partial charge in [-0.25, -0.2) is 4.79 Å². The first-order chi connectivity index (χ1) is 11.5. The van der Waals surface area contributed by atoms with Crippen LogP contribution in [0, 0.1) is 0 Å². The predicted molar refractivity (Wildman–Crippen MR) is 92.7 cm³/mol. The number of carbonyl (C=O) groups is 3. The first-order valence-electron chi connectivity index (χ1n) is 7.47. The van der Waals surface area contributed by atoms with E-state index in [2.05, 4.69) is 5.32 Å². The third-order valence-corrected chi connectivity index (χ3v) is 5.84. The Bertz CT molecular complexity index is 795. The van der Waals surface area contributed by atoms with Gasteiger partial charge in [-0.15, -0.1) is 22.7 Å². The number of thiophene rings is 2. The zero-order valence-electron chi connectivity index (χ0n) is 13.0. The number of fused-ring (bicyclic) bond motifs is 1. The average molecular weight is 364 g/mol. The Hall–Kier alpha value is -2.19. The van der Waals surface area contributed by atoms with E-state index in [0.29, 0.717) is 15.4 Å². The van der Waals surface area contributed by atoms with E-state index < -0.39 is 23.9 Å². The van der Waals surface area contributed by atoms with Crippen molar-refractivity contribution in [2.75, 3.05) is 5.32 Å². The lowest BCUT2D eigenvalue weighted by Crippen LogP contribution is -2.30. The first kappa shape index (κ1) is 16.7. The van der Waals surface area contributed by atoms with Crippen molar-refractivity contribution in [2.24, 2.45) is 5.73 Å². The Kier molecular flexibility index (Phi) is 4.68. The van der Waals surface area contributed by atoms with Crippen LogP contribution >= 0.6 is 22.7 Å². The third kappa shape index (κ3) is 3.20. The molecule has 2 heterocycles. The molecular weight excluding hydrogens is 348 g/mol. The predicted octanol–water partition coefficient (Wildman–Crippen LogP) is 2.58. The lowest BCUT2D eigenvalue weighted by molar-refractivity contribution is -0.123. The zero-order chi connectivity index (χ0) is 17.3. The largest absolute Gasteiger partial charge is 0.448 e. The van der Waals surface area contributed by atoms with Gasteiger partial charge in [0.05, 0.1) is 5.56 Å². The van der Waals surface area contributed by atoms with Crippen molar-refractivity contribution in [3.63, 3.8) is 0 Å². The molecule has 2 aromatic rings. The summed E-state index contributed by atoms with van der Waals surface area (Å²) in [5.74, 6) is -1.58. The molecule has 0 bridgehead atoms. The molecule has 6 nitrogen and oxygen atoms in total. The zero-order valence-corrected chi connectivity index (χ0v) is 14.6. The minimum atomic E-state index is -0.975. The molecule has 0 fully saturated rings. The van der Waals surface area contributed by atoms with Gasteiger partial charge in [0.15, 0.2) is 6.10 Å². The number of anilines is 1. The van der Waals surface area contributed by atoms with E-state index in [1.54, 1.807) is 17.5 Å². The highest BCUT2D eigenvalue weighted by atomic mass is 32.1. The van der Waals surface area contributed by atoms with Gasteiger partial charge in [-0.2, -0.15) is 0 Å². The van der Waals surface area contributed by atoms with E-state index in [9.17, 15) is 14.4 Å². The molecular formula is C16H16N2O4S2. The van der Waals surface area contributed by atoms with Crippen molar-refractivity contribution >= 4 is 45.5 Å². The van der Waals surface area contributed by atoms with Crippen LogP contribution in [0.2, 0.25) is 0 Å². The number of nitrogens with one attached hydrogen (secondary N) is 1. The molecule has 24 heavy (non-hydrogen) atoms.